The topological polar surface area (TPSA) is 62.0 Å². The van der Waals surface area contributed by atoms with Crippen molar-refractivity contribution in [2.45, 2.75) is 26.5 Å². The fourth-order valence-electron chi connectivity index (χ4n) is 3.14. The first-order chi connectivity index (χ1) is 12.1. The number of aliphatic hydroxyl groups is 1. The van der Waals surface area contributed by atoms with Gasteiger partial charge in [0.2, 0.25) is 0 Å². The van der Waals surface area contributed by atoms with E-state index in [-0.39, 0.29) is 0 Å². The molecule has 3 rings (SSSR count). The normalized spacial score (nSPS) is 17.6. The van der Waals surface area contributed by atoms with Gasteiger partial charge in [-0.2, -0.15) is 0 Å². The van der Waals surface area contributed by atoms with Crippen molar-refractivity contribution in [1.82, 2.24) is 15.0 Å². The molecule has 1 atom stereocenters. The van der Waals surface area contributed by atoms with E-state index in [1.165, 1.54) is 5.56 Å². The lowest BCUT2D eigenvalue weighted by molar-refractivity contribution is 0.0445. The summed E-state index contributed by atoms with van der Waals surface area (Å²) in [5.74, 6) is 1.71. The maximum Gasteiger partial charge on any atom is 0.138 e. The average Bonchev–Trinajstić information content (AvgIpc) is 2.94. The third kappa shape index (κ3) is 5.04. The third-order valence-electron chi connectivity index (χ3n) is 4.68. The molecule has 1 aromatic heterocycles. The number of ether oxygens (including phenoxy) is 1. The summed E-state index contributed by atoms with van der Waals surface area (Å²) in [5, 5.41) is 14.2. The second kappa shape index (κ2) is 8.47. The second-order valence-electron chi connectivity index (χ2n) is 6.66. The molecule has 0 aliphatic carbocycles. The summed E-state index contributed by atoms with van der Waals surface area (Å²) in [6.45, 7) is 9.67. The second-order valence-corrected chi connectivity index (χ2v) is 6.66. The Kier molecular flexibility index (Phi) is 6.07. The number of hydrogen-bond donors (Lipinski definition) is 1. The van der Waals surface area contributed by atoms with Crippen molar-refractivity contribution >= 4 is 0 Å². The molecular weight excluding hydrogens is 318 g/mol. The van der Waals surface area contributed by atoms with Crippen molar-refractivity contribution in [2.24, 2.45) is 0 Å². The van der Waals surface area contributed by atoms with Crippen LogP contribution in [0.15, 0.2) is 34.9 Å². The Labute approximate surface area is 149 Å². The largest absolute Gasteiger partial charge is 0.491 e. The number of aromatic nitrogens is 1. The first-order valence-corrected chi connectivity index (χ1v) is 8.84. The number of nitrogens with zero attached hydrogens (tertiary/aromatic N) is 3. The Morgan fingerprint density at radius 1 is 1.12 bits per heavy atom. The SMILES string of the molecule is Cc1noc(C)c1CN1CCN(CC(O)COc2ccccc2)CC1. The molecule has 1 N–H and O–H groups in total. The molecule has 6 nitrogen and oxygen atoms in total. The van der Waals surface area contributed by atoms with Gasteiger partial charge in [0, 0.05) is 44.8 Å². The molecule has 6 heteroatoms. The van der Waals surface area contributed by atoms with Crippen LogP contribution in [-0.2, 0) is 6.54 Å². The van der Waals surface area contributed by atoms with Crippen LogP contribution in [0.2, 0.25) is 0 Å². The Balaban J connectivity index is 1.39. The van der Waals surface area contributed by atoms with Gasteiger partial charge in [-0.15, -0.1) is 0 Å². The van der Waals surface area contributed by atoms with E-state index in [2.05, 4.69) is 15.0 Å². The van der Waals surface area contributed by atoms with E-state index in [1.54, 1.807) is 0 Å². The van der Waals surface area contributed by atoms with Crippen LogP contribution in [0, 0.1) is 13.8 Å². The van der Waals surface area contributed by atoms with Gasteiger partial charge in [0.25, 0.3) is 0 Å². The summed E-state index contributed by atoms with van der Waals surface area (Å²) in [6.07, 6.45) is -0.477. The summed E-state index contributed by atoms with van der Waals surface area (Å²) in [5.41, 5.74) is 2.18. The molecular formula is C19H27N3O3. The van der Waals surface area contributed by atoms with Gasteiger partial charge in [-0.3, -0.25) is 9.80 Å². The summed E-state index contributed by atoms with van der Waals surface area (Å²) >= 11 is 0. The highest BCUT2D eigenvalue weighted by atomic mass is 16.5. The van der Waals surface area contributed by atoms with Crippen LogP contribution in [0.4, 0.5) is 0 Å². The van der Waals surface area contributed by atoms with E-state index in [4.69, 9.17) is 9.26 Å². The van der Waals surface area contributed by atoms with Gasteiger partial charge in [-0.1, -0.05) is 23.4 Å². The van der Waals surface area contributed by atoms with Crippen molar-refractivity contribution in [3.05, 3.63) is 47.3 Å². The van der Waals surface area contributed by atoms with Crippen LogP contribution >= 0.6 is 0 Å². The highest BCUT2D eigenvalue weighted by Gasteiger charge is 2.21. The van der Waals surface area contributed by atoms with Crippen LogP contribution < -0.4 is 4.74 Å². The lowest BCUT2D eigenvalue weighted by atomic mass is 10.1. The van der Waals surface area contributed by atoms with E-state index in [0.29, 0.717) is 13.2 Å². The number of piperazine rings is 1. The third-order valence-corrected chi connectivity index (χ3v) is 4.68. The molecule has 1 fully saturated rings. The van der Waals surface area contributed by atoms with E-state index in [9.17, 15) is 5.11 Å². The lowest BCUT2D eigenvalue weighted by Gasteiger charge is -2.35. The van der Waals surface area contributed by atoms with Crippen molar-refractivity contribution in [2.75, 3.05) is 39.3 Å². The predicted molar refractivity (Wildman–Crippen MR) is 95.6 cm³/mol. The highest BCUT2D eigenvalue weighted by molar-refractivity contribution is 5.21. The van der Waals surface area contributed by atoms with E-state index in [1.807, 2.05) is 44.2 Å². The number of β-amino-alcohol motifs (C(OH)–C–C–N with tert-alkyl or cyclic N) is 1. The number of rotatable bonds is 7. The lowest BCUT2D eigenvalue weighted by Crippen LogP contribution is -2.48. The number of benzene rings is 1. The molecule has 1 saturated heterocycles. The van der Waals surface area contributed by atoms with Crippen LogP contribution in [0.3, 0.4) is 0 Å². The molecule has 136 valence electrons. The molecule has 0 amide bonds. The summed E-state index contributed by atoms with van der Waals surface area (Å²) < 4.78 is 10.9. The molecule has 0 bridgehead atoms. The molecule has 25 heavy (non-hydrogen) atoms. The van der Waals surface area contributed by atoms with Crippen LogP contribution in [0.1, 0.15) is 17.0 Å². The molecule has 0 saturated carbocycles. The predicted octanol–water partition coefficient (Wildman–Crippen LogP) is 1.85. The van der Waals surface area contributed by atoms with Gasteiger partial charge in [0.1, 0.15) is 24.2 Å². The standard InChI is InChI=1S/C19H27N3O3/c1-15-19(16(2)25-20-15)13-22-10-8-21(9-11-22)12-17(23)14-24-18-6-4-3-5-7-18/h3-7,17,23H,8-14H2,1-2H3. The Morgan fingerprint density at radius 3 is 2.44 bits per heavy atom. The smallest absolute Gasteiger partial charge is 0.138 e. The monoisotopic (exact) mass is 345 g/mol. The van der Waals surface area contributed by atoms with Gasteiger partial charge in [0.05, 0.1) is 5.69 Å². The van der Waals surface area contributed by atoms with Gasteiger partial charge in [0.15, 0.2) is 0 Å². The maximum atomic E-state index is 10.2. The molecule has 0 spiro atoms. The molecule has 1 aromatic carbocycles. The van der Waals surface area contributed by atoms with Crippen LogP contribution in [-0.4, -0.2) is 65.5 Å². The number of aliphatic hydroxyl groups excluding tert-OH is 1. The summed E-state index contributed by atoms with van der Waals surface area (Å²) in [7, 11) is 0. The number of aryl methyl sites for hydroxylation is 2. The average molecular weight is 345 g/mol. The first-order valence-electron chi connectivity index (χ1n) is 8.84. The molecule has 2 aromatic rings. The van der Waals surface area contributed by atoms with E-state index in [0.717, 1.165) is 49.9 Å². The highest BCUT2D eigenvalue weighted by Crippen LogP contribution is 2.16. The van der Waals surface area contributed by atoms with E-state index >= 15 is 0 Å². The molecule has 0 radical (unpaired) electrons. The van der Waals surface area contributed by atoms with Gasteiger partial charge >= 0.3 is 0 Å². The minimum absolute atomic E-state index is 0.323. The fourth-order valence-corrected chi connectivity index (χ4v) is 3.14. The van der Waals surface area contributed by atoms with Crippen LogP contribution in [0.25, 0.3) is 0 Å². The van der Waals surface area contributed by atoms with Crippen molar-refractivity contribution in [3.63, 3.8) is 0 Å². The van der Waals surface area contributed by atoms with Crippen molar-refractivity contribution in [3.8, 4) is 5.75 Å². The quantitative estimate of drug-likeness (QED) is 0.826. The van der Waals surface area contributed by atoms with E-state index < -0.39 is 6.10 Å². The molecule has 1 aliphatic heterocycles. The Hall–Kier alpha value is -1.89. The summed E-state index contributed by atoms with van der Waals surface area (Å²) in [6, 6.07) is 9.62. The summed E-state index contributed by atoms with van der Waals surface area (Å²) in [4.78, 5) is 4.71. The zero-order chi connectivity index (χ0) is 17.6. The van der Waals surface area contributed by atoms with Crippen LogP contribution in [0.5, 0.6) is 5.75 Å². The number of hydrogen-bond acceptors (Lipinski definition) is 6. The Bertz CT molecular complexity index is 632. The van der Waals surface area contributed by atoms with Gasteiger partial charge < -0.3 is 14.4 Å². The van der Waals surface area contributed by atoms with Crippen molar-refractivity contribution in [1.29, 1.82) is 0 Å². The minimum atomic E-state index is -0.477. The number of para-hydroxylation sites is 1. The molecule has 2 heterocycles. The van der Waals surface area contributed by atoms with Crippen molar-refractivity contribution < 1.29 is 14.4 Å². The molecule has 1 aliphatic rings. The minimum Gasteiger partial charge on any atom is -0.491 e. The molecule has 1 unspecified atom stereocenters. The Morgan fingerprint density at radius 2 is 1.80 bits per heavy atom. The fraction of sp³-hybridized carbons (Fsp3) is 0.526. The zero-order valence-electron chi connectivity index (χ0n) is 15.0. The van der Waals surface area contributed by atoms with Gasteiger partial charge in [-0.25, -0.2) is 0 Å². The van der Waals surface area contributed by atoms with Gasteiger partial charge in [-0.05, 0) is 26.0 Å². The zero-order valence-corrected chi connectivity index (χ0v) is 15.0. The maximum absolute atomic E-state index is 10.2. The first kappa shape index (κ1) is 17.9.